The summed E-state index contributed by atoms with van der Waals surface area (Å²) < 4.78 is 9.61. The fraction of sp³-hybridized carbons (Fsp3) is 1.00. The normalized spacial score (nSPS) is 8.54. The first-order valence-corrected chi connectivity index (χ1v) is 10.6. The Morgan fingerprint density at radius 3 is 1.00 bits per heavy atom. The summed E-state index contributed by atoms with van der Waals surface area (Å²) in [5.74, 6) is 3.56. The summed E-state index contributed by atoms with van der Waals surface area (Å²) in [6.45, 7) is 19.2. The van der Waals surface area contributed by atoms with Crippen LogP contribution in [0.3, 0.4) is 0 Å². The molecule has 0 heterocycles. The third kappa shape index (κ3) is 103. The minimum atomic E-state index is 0. The molecular formula is C23H60O2S. The van der Waals surface area contributed by atoms with Crippen molar-refractivity contribution in [1.29, 1.82) is 0 Å². The van der Waals surface area contributed by atoms with Gasteiger partial charge in [-0.1, -0.05) is 90.5 Å². The molecule has 0 bridgehead atoms. The summed E-state index contributed by atoms with van der Waals surface area (Å²) in [7, 11) is 3.44. The largest absolute Gasteiger partial charge is 0.384 e. The molecule has 0 rings (SSSR count). The molecule has 0 aliphatic carbocycles. The van der Waals surface area contributed by atoms with Crippen molar-refractivity contribution in [2.24, 2.45) is 17.8 Å². The third-order valence-electron chi connectivity index (χ3n) is 2.27. The molecule has 170 valence electrons. The minimum absolute atomic E-state index is 0. The van der Waals surface area contributed by atoms with E-state index in [0.717, 1.165) is 19.1 Å². The van der Waals surface area contributed by atoms with Gasteiger partial charge >= 0.3 is 0 Å². The average molecular weight is 401 g/mol. The van der Waals surface area contributed by atoms with Gasteiger partial charge in [0, 0.05) is 27.4 Å². The maximum Gasteiger partial charge on any atom is 0.0485 e. The molecular weight excluding hydrogens is 340 g/mol. The molecule has 0 fully saturated rings. The van der Waals surface area contributed by atoms with Crippen molar-refractivity contribution in [2.45, 2.75) is 96.9 Å². The third-order valence-corrected chi connectivity index (χ3v) is 3.09. The van der Waals surface area contributed by atoms with E-state index >= 15 is 0 Å². The second kappa shape index (κ2) is 44.6. The Labute approximate surface area is 175 Å². The van der Waals surface area contributed by atoms with Crippen LogP contribution in [0.15, 0.2) is 0 Å². The molecule has 0 aliphatic heterocycles. The summed E-state index contributed by atoms with van der Waals surface area (Å²) in [6.07, 6.45) is 6.14. The Balaban J connectivity index is -0.0000000357. The van der Waals surface area contributed by atoms with E-state index in [4.69, 9.17) is 9.47 Å². The average Bonchev–Trinajstić information content (AvgIpc) is 2.41. The summed E-state index contributed by atoms with van der Waals surface area (Å²) in [6, 6.07) is 0. The van der Waals surface area contributed by atoms with E-state index in [9.17, 15) is 0 Å². The molecule has 0 aliphatic rings. The van der Waals surface area contributed by atoms with Crippen LogP contribution in [-0.2, 0) is 9.47 Å². The molecule has 0 spiro atoms. The van der Waals surface area contributed by atoms with Crippen molar-refractivity contribution in [3.8, 4) is 0 Å². The summed E-state index contributed by atoms with van der Waals surface area (Å²) >= 11 is 1.90. The monoisotopic (exact) mass is 400 g/mol. The number of methoxy groups -OCH3 is 2. The van der Waals surface area contributed by atoms with E-state index in [1.54, 1.807) is 14.2 Å². The van der Waals surface area contributed by atoms with Gasteiger partial charge in [-0.15, -0.1) is 0 Å². The number of hydrogen-bond donors (Lipinski definition) is 0. The van der Waals surface area contributed by atoms with Crippen LogP contribution in [0.4, 0.5) is 0 Å². The molecule has 0 aromatic carbocycles. The van der Waals surface area contributed by atoms with Crippen molar-refractivity contribution < 1.29 is 9.47 Å². The lowest BCUT2D eigenvalue weighted by Crippen LogP contribution is -1.96. The SMILES string of the molecule is C.C.C.CCCC(C)C.CCCSC.COCC(C)C.COCC(C)C. The quantitative estimate of drug-likeness (QED) is 0.406. The Kier molecular flexibility index (Phi) is 77.5. The van der Waals surface area contributed by atoms with E-state index in [2.05, 4.69) is 61.6 Å². The van der Waals surface area contributed by atoms with Gasteiger partial charge in [0.15, 0.2) is 0 Å². The van der Waals surface area contributed by atoms with Crippen molar-refractivity contribution >= 4 is 11.8 Å². The fourth-order valence-electron chi connectivity index (χ4n) is 1.45. The Morgan fingerprint density at radius 2 is 1.00 bits per heavy atom. The first-order valence-electron chi connectivity index (χ1n) is 9.19. The summed E-state index contributed by atoms with van der Waals surface area (Å²) in [4.78, 5) is 0. The van der Waals surface area contributed by atoms with Gasteiger partial charge < -0.3 is 9.47 Å². The lowest BCUT2D eigenvalue weighted by molar-refractivity contribution is 0.167. The van der Waals surface area contributed by atoms with Gasteiger partial charge in [0.25, 0.3) is 0 Å². The highest BCUT2D eigenvalue weighted by Crippen LogP contribution is 2.00. The molecule has 0 saturated heterocycles. The predicted octanol–water partition coefficient (Wildman–Crippen LogP) is 8.69. The van der Waals surface area contributed by atoms with E-state index in [-0.39, 0.29) is 22.3 Å². The van der Waals surface area contributed by atoms with Gasteiger partial charge in [-0.3, -0.25) is 0 Å². The van der Waals surface area contributed by atoms with Crippen LogP contribution in [0, 0.1) is 17.8 Å². The topological polar surface area (TPSA) is 18.5 Å². The zero-order valence-corrected chi connectivity index (χ0v) is 19.0. The van der Waals surface area contributed by atoms with Crippen molar-refractivity contribution in [3.63, 3.8) is 0 Å². The highest BCUT2D eigenvalue weighted by atomic mass is 32.2. The molecule has 0 aromatic rings. The molecule has 0 atom stereocenters. The minimum Gasteiger partial charge on any atom is -0.384 e. The zero-order chi connectivity index (χ0) is 19.1. The first-order chi connectivity index (χ1) is 10.7. The maximum absolute atomic E-state index is 4.80. The molecule has 2 nitrogen and oxygen atoms in total. The molecule has 0 radical (unpaired) electrons. The molecule has 0 saturated carbocycles. The first kappa shape index (κ1) is 45.2. The van der Waals surface area contributed by atoms with Crippen LogP contribution in [0.5, 0.6) is 0 Å². The molecule has 0 unspecified atom stereocenters. The second-order valence-corrected chi connectivity index (χ2v) is 7.86. The van der Waals surface area contributed by atoms with Crippen LogP contribution >= 0.6 is 11.8 Å². The Morgan fingerprint density at radius 1 is 0.654 bits per heavy atom. The van der Waals surface area contributed by atoms with E-state index < -0.39 is 0 Å². The van der Waals surface area contributed by atoms with E-state index in [1.165, 1.54) is 25.0 Å². The van der Waals surface area contributed by atoms with Crippen LogP contribution in [0.2, 0.25) is 0 Å². The molecule has 0 N–H and O–H groups in total. The summed E-state index contributed by atoms with van der Waals surface area (Å²) in [5, 5.41) is 0. The van der Waals surface area contributed by atoms with Crippen molar-refractivity contribution in [1.82, 2.24) is 0 Å². The van der Waals surface area contributed by atoms with Gasteiger partial charge in [-0.05, 0) is 36.2 Å². The van der Waals surface area contributed by atoms with E-state index in [0.29, 0.717) is 11.8 Å². The number of rotatable bonds is 8. The Bertz CT molecular complexity index is 135. The van der Waals surface area contributed by atoms with Gasteiger partial charge in [0.2, 0.25) is 0 Å². The van der Waals surface area contributed by atoms with E-state index in [1.807, 2.05) is 11.8 Å². The molecule has 26 heavy (non-hydrogen) atoms. The van der Waals surface area contributed by atoms with Crippen molar-refractivity contribution in [3.05, 3.63) is 0 Å². The second-order valence-electron chi connectivity index (χ2n) is 6.87. The summed E-state index contributed by atoms with van der Waals surface area (Å²) in [5.41, 5.74) is 0. The van der Waals surface area contributed by atoms with Crippen LogP contribution < -0.4 is 0 Å². The smallest absolute Gasteiger partial charge is 0.0485 e. The number of hydrogen-bond acceptors (Lipinski definition) is 3. The zero-order valence-electron chi connectivity index (χ0n) is 18.2. The highest BCUT2D eigenvalue weighted by Gasteiger charge is 1.86. The fourth-order valence-corrected chi connectivity index (χ4v) is 1.86. The lowest BCUT2D eigenvalue weighted by atomic mass is 10.1. The molecule has 0 aromatic heterocycles. The standard InChI is InChI=1S/C6H14.2C5H12O.C4H10S.3CH4/c1-4-5-6(2)3;2*1-5(2)4-6-3;1-3-4-5-2;;;/h6H,4-5H2,1-3H3;2*5H,4H2,1-3H3;3-4H2,1-2H3;3*1H4. The Hall–Kier alpha value is 0.270. The van der Waals surface area contributed by atoms with Gasteiger partial charge in [0.1, 0.15) is 0 Å². The number of ether oxygens (including phenoxy) is 2. The predicted molar refractivity (Wildman–Crippen MR) is 132 cm³/mol. The highest BCUT2D eigenvalue weighted by molar-refractivity contribution is 7.98. The van der Waals surface area contributed by atoms with Gasteiger partial charge in [-0.2, -0.15) is 11.8 Å². The van der Waals surface area contributed by atoms with Gasteiger partial charge in [-0.25, -0.2) is 0 Å². The van der Waals surface area contributed by atoms with Gasteiger partial charge in [0.05, 0.1) is 0 Å². The van der Waals surface area contributed by atoms with Crippen LogP contribution in [0.25, 0.3) is 0 Å². The molecule has 0 amide bonds. The molecule has 3 heteroatoms. The number of thioether (sulfide) groups is 1. The maximum atomic E-state index is 4.80. The van der Waals surface area contributed by atoms with Crippen LogP contribution in [0.1, 0.15) is 96.9 Å². The van der Waals surface area contributed by atoms with Crippen molar-refractivity contribution in [2.75, 3.05) is 39.4 Å². The lowest BCUT2D eigenvalue weighted by Gasteiger charge is -1.97. The van der Waals surface area contributed by atoms with Crippen LogP contribution in [-0.4, -0.2) is 39.4 Å².